The third-order valence-corrected chi connectivity index (χ3v) is 3.77. The number of benzene rings is 1. The zero-order valence-corrected chi connectivity index (χ0v) is 13.6. The first-order valence-electron chi connectivity index (χ1n) is 6.81. The molecule has 1 amide bonds. The van der Waals surface area contributed by atoms with Crippen LogP contribution in [-0.2, 0) is 0 Å². The fourth-order valence-corrected chi connectivity index (χ4v) is 2.36. The van der Waals surface area contributed by atoms with Crippen molar-refractivity contribution in [2.45, 2.75) is 0 Å². The molecular formula is C16H10Cl2N4O2. The minimum atomic E-state index is -0.667. The van der Waals surface area contributed by atoms with E-state index in [9.17, 15) is 9.59 Å². The average Bonchev–Trinajstić information content (AvgIpc) is 2.58. The summed E-state index contributed by atoms with van der Waals surface area (Å²) in [5.41, 5.74) is 2.67. The van der Waals surface area contributed by atoms with Crippen LogP contribution in [-0.4, -0.2) is 21.5 Å². The molecule has 0 atom stereocenters. The van der Waals surface area contributed by atoms with Crippen molar-refractivity contribution in [1.82, 2.24) is 14.8 Å². The monoisotopic (exact) mass is 360 g/mol. The molecule has 0 aliphatic rings. The minimum Gasteiger partial charge on any atom is -0.268 e. The van der Waals surface area contributed by atoms with E-state index in [1.54, 1.807) is 36.4 Å². The van der Waals surface area contributed by atoms with E-state index >= 15 is 0 Å². The van der Waals surface area contributed by atoms with Gasteiger partial charge in [0.05, 0.1) is 6.21 Å². The summed E-state index contributed by atoms with van der Waals surface area (Å²) >= 11 is 11.9. The molecule has 3 aromatic rings. The van der Waals surface area contributed by atoms with Crippen LogP contribution < -0.4 is 11.0 Å². The Kier molecular flexibility index (Phi) is 4.59. The second kappa shape index (κ2) is 6.82. The summed E-state index contributed by atoms with van der Waals surface area (Å²) in [6, 6.07) is 9.96. The van der Waals surface area contributed by atoms with Crippen LogP contribution in [0, 0.1) is 0 Å². The highest BCUT2D eigenvalue weighted by Crippen LogP contribution is 2.18. The SMILES string of the molecule is O=C(N/N=C/c1cc(Cl)ccc1Cl)c1cnc2ccccn2c1=O. The van der Waals surface area contributed by atoms with Crippen molar-refractivity contribution < 1.29 is 4.79 Å². The summed E-state index contributed by atoms with van der Waals surface area (Å²) in [7, 11) is 0. The third-order valence-electron chi connectivity index (χ3n) is 3.19. The van der Waals surface area contributed by atoms with Crippen LogP contribution in [0.2, 0.25) is 10.0 Å². The quantitative estimate of drug-likeness (QED) is 0.576. The fraction of sp³-hybridized carbons (Fsp3) is 0. The molecule has 0 aliphatic heterocycles. The number of hydrazone groups is 1. The van der Waals surface area contributed by atoms with E-state index in [4.69, 9.17) is 23.2 Å². The molecule has 8 heteroatoms. The van der Waals surface area contributed by atoms with E-state index in [-0.39, 0.29) is 5.56 Å². The van der Waals surface area contributed by atoms with E-state index in [0.29, 0.717) is 21.3 Å². The fourth-order valence-electron chi connectivity index (χ4n) is 2.02. The van der Waals surface area contributed by atoms with E-state index in [0.717, 1.165) is 0 Å². The van der Waals surface area contributed by atoms with Crippen LogP contribution in [0.5, 0.6) is 0 Å². The number of fused-ring (bicyclic) bond motifs is 1. The number of carbonyl (C=O) groups excluding carboxylic acids is 1. The van der Waals surface area contributed by atoms with Gasteiger partial charge < -0.3 is 0 Å². The van der Waals surface area contributed by atoms with E-state index in [1.165, 1.54) is 23.0 Å². The molecule has 0 radical (unpaired) electrons. The van der Waals surface area contributed by atoms with E-state index in [2.05, 4.69) is 15.5 Å². The minimum absolute atomic E-state index is 0.118. The van der Waals surface area contributed by atoms with Crippen molar-refractivity contribution in [3.8, 4) is 0 Å². The maximum absolute atomic E-state index is 12.3. The molecule has 0 fully saturated rings. The predicted molar refractivity (Wildman–Crippen MR) is 93.0 cm³/mol. The summed E-state index contributed by atoms with van der Waals surface area (Å²) in [4.78, 5) is 28.5. The van der Waals surface area contributed by atoms with Crippen LogP contribution in [0.3, 0.4) is 0 Å². The Morgan fingerprint density at radius 2 is 2.08 bits per heavy atom. The molecule has 24 heavy (non-hydrogen) atoms. The largest absolute Gasteiger partial charge is 0.278 e. The van der Waals surface area contributed by atoms with Gasteiger partial charge in [-0.15, -0.1) is 0 Å². The molecule has 0 spiro atoms. The summed E-state index contributed by atoms with van der Waals surface area (Å²) < 4.78 is 1.28. The van der Waals surface area contributed by atoms with Gasteiger partial charge in [0.1, 0.15) is 11.2 Å². The summed E-state index contributed by atoms with van der Waals surface area (Å²) in [6.07, 6.45) is 4.10. The van der Waals surface area contributed by atoms with Gasteiger partial charge in [-0.3, -0.25) is 14.0 Å². The molecule has 2 aromatic heterocycles. The Hall–Kier alpha value is -2.70. The number of hydrogen-bond acceptors (Lipinski definition) is 4. The molecule has 6 nitrogen and oxygen atoms in total. The van der Waals surface area contributed by atoms with Gasteiger partial charge in [0.2, 0.25) is 0 Å². The molecular weight excluding hydrogens is 351 g/mol. The summed E-state index contributed by atoms with van der Waals surface area (Å²) in [5, 5.41) is 4.72. The highest BCUT2D eigenvalue weighted by atomic mass is 35.5. The number of halogens is 2. The normalized spacial score (nSPS) is 11.1. The van der Waals surface area contributed by atoms with E-state index < -0.39 is 11.5 Å². The zero-order valence-electron chi connectivity index (χ0n) is 12.1. The Morgan fingerprint density at radius 3 is 2.92 bits per heavy atom. The first-order valence-corrected chi connectivity index (χ1v) is 7.57. The molecule has 0 bridgehead atoms. The number of nitrogens with one attached hydrogen (secondary N) is 1. The Labute approximate surface area is 146 Å². The van der Waals surface area contributed by atoms with Gasteiger partial charge in [0, 0.05) is 28.0 Å². The molecule has 3 rings (SSSR count). The number of rotatable bonds is 3. The van der Waals surface area contributed by atoms with Gasteiger partial charge in [0.15, 0.2) is 0 Å². The van der Waals surface area contributed by atoms with Crippen molar-refractivity contribution in [2.24, 2.45) is 5.10 Å². The second-order valence-corrected chi connectivity index (χ2v) is 5.61. The van der Waals surface area contributed by atoms with Gasteiger partial charge in [-0.05, 0) is 30.3 Å². The van der Waals surface area contributed by atoms with Crippen molar-refractivity contribution in [2.75, 3.05) is 0 Å². The van der Waals surface area contributed by atoms with Crippen molar-refractivity contribution in [1.29, 1.82) is 0 Å². The maximum atomic E-state index is 12.3. The van der Waals surface area contributed by atoms with Crippen LogP contribution in [0.25, 0.3) is 5.65 Å². The summed E-state index contributed by atoms with van der Waals surface area (Å²) in [5.74, 6) is -0.667. The topological polar surface area (TPSA) is 75.8 Å². The number of aromatic nitrogens is 2. The molecule has 0 aliphatic carbocycles. The molecule has 0 saturated heterocycles. The molecule has 120 valence electrons. The average molecular weight is 361 g/mol. The smallest absolute Gasteiger partial charge is 0.268 e. The number of hydrogen-bond donors (Lipinski definition) is 1. The van der Waals surface area contributed by atoms with Crippen molar-refractivity contribution >= 4 is 41.0 Å². The van der Waals surface area contributed by atoms with Crippen LogP contribution in [0.4, 0.5) is 0 Å². The van der Waals surface area contributed by atoms with Crippen LogP contribution in [0.15, 0.2) is 58.7 Å². The lowest BCUT2D eigenvalue weighted by molar-refractivity contribution is 0.0953. The van der Waals surface area contributed by atoms with Gasteiger partial charge in [-0.25, -0.2) is 10.4 Å². The van der Waals surface area contributed by atoms with E-state index in [1.807, 2.05) is 0 Å². The summed E-state index contributed by atoms with van der Waals surface area (Å²) in [6.45, 7) is 0. The number of nitrogens with zero attached hydrogens (tertiary/aromatic N) is 3. The Balaban J connectivity index is 1.83. The van der Waals surface area contributed by atoms with Gasteiger partial charge in [-0.2, -0.15) is 5.10 Å². The number of carbonyl (C=O) groups is 1. The maximum Gasteiger partial charge on any atom is 0.278 e. The molecule has 0 saturated carbocycles. The number of amides is 1. The second-order valence-electron chi connectivity index (χ2n) is 4.77. The lowest BCUT2D eigenvalue weighted by Crippen LogP contribution is -2.29. The van der Waals surface area contributed by atoms with Gasteiger partial charge in [-0.1, -0.05) is 29.3 Å². The van der Waals surface area contributed by atoms with Crippen molar-refractivity contribution in [3.05, 3.63) is 80.3 Å². The third kappa shape index (κ3) is 3.29. The molecule has 0 unspecified atom stereocenters. The Bertz CT molecular complexity index is 1010. The highest BCUT2D eigenvalue weighted by molar-refractivity contribution is 6.35. The lowest BCUT2D eigenvalue weighted by atomic mass is 10.2. The van der Waals surface area contributed by atoms with Crippen LogP contribution >= 0.6 is 23.2 Å². The predicted octanol–water partition coefficient (Wildman–Crippen LogP) is 2.77. The Morgan fingerprint density at radius 1 is 1.25 bits per heavy atom. The number of pyridine rings is 1. The van der Waals surface area contributed by atoms with Gasteiger partial charge >= 0.3 is 0 Å². The van der Waals surface area contributed by atoms with Crippen molar-refractivity contribution in [3.63, 3.8) is 0 Å². The molecule has 1 N–H and O–H groups in total. The lowest BCUT2D eigenvalue weighted by Gasteiger charge is -2.03. The first kappa shape index (κ1) is 16.2. The molecule has 1 aromatic carbocycles. The standard InChI is InChI=1S/C16H10Cl2N4O2/c17-11-4-5-13(18)10(7-11)8-20-21-15(23)12-9-19-14-3-1-2-6-22(14)16(12)24/h1-9H,(H,21,23)/b20-8+. The van der Waals surface area contributed by atoms with Crippen LogP contribution in [0.1, 0.15) is 15.9 Å². The highest BCUT2D eigenvalue weighted by Gasteiger charge is 2.12. The zero-order chi connectivity index (χ0) is 17.1. The van der Waals surface area contributed by atoms with Gasteiger partial charge in [0.25, 0.3) is 11.5 Å². The first-order chi connectivity index (χ1) is 11.6. The molecule has 2 heterocycles.